The number of benzene rings is 3. The topological polar surface area (TPSA) is 78.4 Å². The van der Waals surface area contributed by atoms with Crippen LogP contribution in [-0.4, -0.2) is 29.8 Å². The molecule has 0 atom stereocenters. The van der Waals surface area contributed by atoms with E-state index >= 15 is 0 Å². The summed E-state index contributed by atoms with van der Waals surface area (Å²) >= 11 is 0. The Labute approximate surface area is 215 Å². The van der Waals surface area contributed by atoms with Crippen molar-refractivity contribution in [1.82, 2.24) is 9.97 Å². The highest BCUT2D eigenvalue weighted by Gasteiger charge is 2.14. The average Bonchev–Trinajstić information content (AvgIpc) is 2.94. The molecule has 7 heteroatoms. The number of pyridine rings is 2. The molecule has 6 nitrogen and oxygen atoms in total. The van der Waals surface area contributed by atoms with Crippen molar-refractivity contribution in [2.45, 2.75) is 0 Å². The van der Waals surface area contributed by atoms with Crippen LogP contribution in [0.5, 0.6) is 11.5 Å². The molecular weight excluding hydrogens is 463 g/mol. The number of rotatable bonds is 6. The summed E-state index contributed by atoms with van der Waals surface area (Å²) in [5.41, 5.74) is 4.81. The Kier molecular flexibility index (Phi) is 6.86. The number of nitrogens with zero attached hydrogens (tertiary/aromatic N) is 2. The second kappa shape index (κ2) is 10.7. The molecule has 2 heterocycles. The quantitative estimate of drug-likeness (QED) is 0.201. The van der Waals surface area contributed by atoms with Gasteiger partial charge in [-0.25, -0.2) is 9.59 Å². The molecule has 0 fully saturated rings. The van der Waals surface area contributed by atoms with Gasteiger partial charge in [0.25, 0.3) is 0 Å². The Morgan fingerprint density at radius 3 is 1.38 bits per heavy atom. The number of carbonyl (C=O) groups is 2. The molecule has 0 aliphatic carbocycles. The first-order valence-corrected chi connectivity index (χ1v) is 11.6. The van der Waals surface area contributed by atoms with Crippen LogP contribution in [0.3, 0.4) is 0 Å². The minimum absolute atomic E-state index is 0.262. The van der Waals surface area contributed by atoms with Crippen molar-refractivity contribution >= 4 is 25.2 Å². The van der Waals surface area contributed by atoms with Crippen LogP contribution in [-0.2, 0) is 0 Å². The number of aromatic nitrogens is 2. The summed E-state index contributed by atoms with van der Waals surface area (Å²) in [7, 11) is 1.82. The summed E-state index contributed by atoms with van der Waals surface area (Å²) in [5.74, 6) is -0.596. The first-order valence-electron chi connectivity index (χ1n) is 11.6. The molecule has 0 saturated heterocycles. The fourth-order valence-corrected chi connectivity index (χ4v) is 3.75. The summed E-state index contributed by atoms with van der Waals surface area (Å²) in [6.45, 7) is 0. The Balaban J connectivity index is 1.26. The van der Waals surface area contributed by atoms with Crippen molar-refractivity contribution < 1.29 is 19.1 Å². The van der Waals surface area contributed by atoms with Gasteiger partial charge in [-0.05, 0) is 36.4 Å². The van der Waals surface area contributed by atoms with Gasteiger partial charge in [0.1, 0.15) is 19.3 Å². The second-order valence-corrected chi connectivity index (χ2v) is 8.36. The first-order chi connectivity index (χ1) is 18.0. The van der Waals surface area contributed by atoms with Gasteiger partial charge in [-0.1, -0.05) is 66.1 Å². The van der Waals surface area contributed by atoms with Gasteiger partial charge in [-0.3, -0.25) is 9.97 Å². The zero-order valence-corrected chi connectivity index (χ0v) is 20.0. The molecule has 5 aromatic rings. The minimum Gasteiger partial charge on any atom is -0.423 e. The van der Waals surface area contributed by atoms with E-state index in [1.807, 2.05) is 68.5 Å². The monoisotopic (exact) mass is 484 g/mol. The predicted molar refractivity (Wildman–Crippen MR) is 144 cm³/mol. The zero-order chi connectivity index (χ0) is 25.6. The highest BCUT2D eigenvalue weighted by atomic mass is 16.5. The van der Waals surface area contributed by atoms with Gasteiger partial charge in [-0.15, -0.1) is 0 Å². The van der Waals surface area contributed by atoms with E-state index in [0.717, 1.165) is 28.0 Å². The van der Waals surface area contributed by atoms with Crippen molar-refractivity contribution in [1.29, 1.82) is 0 Å². The summed E-state index contributed by atoms with van der Waals surface area (Å²) < 4.78 is 11.1. The number of esters is 2. The summed E-state index contributed by atoms with van der Waals surface area (Å²) in [5, 5.41) is 0. The van der Waals surface area contributed by atoms with Crippen molar-refractivity contribution in [3.8, 4) is 34.0 Å². The zero-order valence-electron chi connectivity index (χ0n) is 20.0. The molecule has 3 aromatic carbocycles. The molecule has 5 rings (SSSR count). The lowest BCUT2D eigenvalue weighted by atomic mass is 9.96. The minimum atomic E-state index is -0.560. The van der Waals surface area contributed by atoms with Crippen molar-refractivity contribution in [2.24, 2.45) is 0 Å². The molecule has 0 aliphatic heterocycles. The Morgan fingerprint density at radius 2 is 1.00 bits per heavy atom. The lowest BCUT2D eigenvalue weighted by Gasteiger charge is -2.10. The molecule has 2 aromatic heterocycles. The number of hydrogen-bond acceptors (Lipinski definition) is 6. The van der Waals surface area contributed by atoms with Crippen LogP contribution < -0.4 is 14.9 Å². The van der Waals surface area contributed by atoms with Gasteiger partial charge in [0.15, 0.2) is 0 Å². The van der Waals surface area contributed by atoms with Gasteiger partial charge in [0.2, 0.25) is 0 Å². The molecule has 0 saturated carbocycles. The van der Waals surface area contributed by atoms with E-state index < -0.39 is 11.9 Å². The average molecular weight is 484 g/mol. The largest absolute Gasteiger partial charge is 0.423 e. The van der Waals surface area contributed by atoms with E-state index in [4.69, 9.17) is 9.47 Å². The van der Waals surface area contributed by atoms with Gasteiger partial charge in [-0.2, -0.15) is 0 Å². The Bertz CT molecular complexity index is 1420. The van der Waals surface area contributed by atoms with Gasteiger partial charge >= 0.3 is 11.9 Å². The molecule has 0 unspecified atom stereocenters. The van der Waals surface area contributed by atoms with Gasteiger partial charge in [0.05, 0.1) is 22.5 Å². The van der Waals surface area contributed by atoms with E-state index in [0.29, 0.717) is 11.1 Å². The summed E-state index contributed by atoms with van der Waals surface area (Å²) in [4.78, 5) is 34.1. The second-order valence-electron chi connectivity index (χ2n) is 8.36. The van der Waals surface area contributed by atoms with Crippen LogP contribution >= 0.6 is 0 Å². The van der Waals surface area contributed by atoms with Crippen molar-refractivity contribution in [2.75, 3.05) is 0 Å². The lowest BCUT2D eigenvalue weighted by Crippen LogP contribution is -2.14. The maximum absolute atomic E-state index is 12.7. The standard InChI is InChI=1S/C30H21BN2O4/c31-24-15-25(36-29(34)22-11-13-27(32-18-22)20-7-3-1-4-8-20)17-26(16-24)37-30(35)23-12-14-28(33-19-23)21-9-5-2-6-10-21/h1-19H,31H2. The van der Waals surface area contributed by atoms with E-state index in [2.05, 4.69) is 9.97 Å². The maximum atomic E-state index is 12.7. The van der Waals surface area contributed by atoms with E-state index in [1.165, 1.54) is 18.5 Å². The normalized spacial score (nSPS) is 10.5. The van der Waals surface area contributed by atoms with Crippen LogP contribution in [0.15, 0.2) is 116 Å². The number of ether oxygens (including phenoxy) is 2. The Hall–Kier alpha value is -5.04. The fourth-order valence-electron chi connectivity index (χ4n) is 3.75. The fraction of sp³-hybridized carbons (Fsp3) is 0. The predicted octanol–water partition coefficient (Wildman–Crippen LogP) is 4.51. The van der Waals surface area contributed by atoms with Crippen molar-refractivity contribution in [3.63, 3.8) is 0 Å². The van der Waals surface area contributed by atoms with Crippen LogP contribution in [0.2, 0.25) is 0 Å². The lowest BCUT2D eigenvalue weighted by molar-refractivity contribution is 0.0733. The number of carbonyl (C=O) groups excluding carboxylic acids is 2. The molecule has 0 amide bonds. The van der Waals surface area contributed by atoms with Crippen LogP contribution in [0.25, 0.3) is 22.5 Å². The third kappa shape index (κ3) is 5.79. The van der Waals surface area contributed by atoms with E-state index in [1.54, 1.807) is 36.4 Å². The third-order valence-electron chi connectivity index (χ3n) is 5.58. The van der Waals surface area contributed by atoms with Crippen LogP contribution in [0, 0.1) is 0 Å². The Morgan fingerprint density at radius 1 is 0.568 bits per heavy atom. The smallest absolute Gasteiger partial charge is 0.345 e. The highest BCUT2D eigenvalue weighted by molar-refractivity contribution is 6.32. The molecular formula is C30H21BN2O4. The molecule has 37 heavy (non-hydrogen) atoms. The molecule has 178 valence electrons. The van der Waals surface area contributed by atoms with Crippen LogP contribution in [0.4, 0.5) is 0 Å². The summed E-state index contributed by atoms with van der Waals surface area (Å²) in [6.07, 6.45) is 2.96. The third-order valence-corrected chi connectivity index (χ3v) is 5.58. The van der Waals surface area contributed by atoms with Crippen LogP contribution in [0.1, 0.15) is 20.7 Å². The molecule has 0 N–H and O–H groups in total. The van der Waals surface area contributed by atoms with Gasteiger partial charge < -0.3 is 9.47 Å². The van der Waals surface area contributed by atoms with E-state index in [-0.39, 0.29) is 11.5 Å². The molecule has 0 spiro atoms. The summed E-state index contributed by atoms with van der Waals surface area (Å²) in [6, 6.07) is 31.1. The molecule has 0 radical (unpaired) electrons. The molecule has 0 bridgehead atoms. The SMILES string of the molecule is Bc1cc(OC(=O)c2ccc(-c3ccccc3)nc2)cc(OC(=O)c2ccc(-c3ccccc3)nc2)c1. The van der Waals surface area contributed by atoms with E-state index in [9.17, 15) is 9.59 Å². The first kappa shape index (κ1) is 23.7. The number of hydrogen-bond donors (Lipinski definition) is 0. The molecule has 0 aliphatic rings. The van der Waals surface area contributed by atoms with Crippen molar-refractivity contribution in [3.05, 3.63) is 127 Å². The van der Waals surface area contributed by atoms with Gasteiger partial charge in [0, 0.05) is 29.6 Å². The maximum Gasteiger partial charge on any atom is 0.345 e. The highest BCUT2D eigenvalue weighted by Crippen LogP contribution is 2.22.